The molecule has 0 aliphatic carbocycles. The normalized spacial score (nSPS) is 13.8. The average Bonchev–Trinajstić information content (AvgIpc) is 2.76. The molecule has 1 aromatic heterocycles. The van der Waals surface area contributed by atoms with Crippen LogP contribution in [-0.4, -0.2) is 42.8 Å². The van der Waals surface area contributed by atoms with Gasteiger partial charge in [0, 0.05) is 24.5 Å². The Bertz CT molecular complexity index is 444. The minimum Gasteiger partial charge on any atom is -0.329 e. The molecule has 0 aliphatic rings. The summed E-state index contributed by atoms with van der Waals surface area (Å²) in [6.45, 7) is 3.31. The Morgan fingerprint density at radius 1 is 1.65 bits per heavy atom. The Morgan fingerprint density at radius 3 is 2.94 bits per heavy atom. The standard InChI is InChI=1S/C9H18N4O2S2/c1-8(16-2)5-12-17(14,15)9-6-11-13(7-9)4-3-10/h6-8,12H,3-5,10H2,1-2H3. The highest BCUT2D eigenvalue weighted by Crippen LogP contribution is 2.09. The molecule has 1 aromatic rings. The quantitative estimate of drug-likeness (QED) is 0.725. The minimum absolute atomic E-state index is 0.180. The van der Waals surface area contributed by atoms with Crippen molar-refractivity contribution in [2.75, 3.05) is 19.3 Å². The number of rotatable bonds is 7. The first-order chi connectivity index (χ1) is 7.99. The zero-order valence-electron chi connectivity index (χ0n) is 9.96. The predicted molar refractivity (Wildman–Crippen MR) is 69.4 cm³/mol. The van der Waals surface area contributed by atoms with E-state index in [1.807, 2.05) is 13.2 Å². The SMILES string of the molecule is CSC(C)CNS(=O)(=O)c1cnn(CCN)c1. The summed E-state index contributed by atoms with van der Waals surface area (Å²) in [7, 11) is -3.45. The van der Waals surface area contributed by atoms with E-state index < -0.39 is 10.0 Å². The van der Waals surface area contributed by atoms with Crippen molar-refractivity contribution >= 4 is 21.8 Å². The molecule has 1 heterocycles. The third kappa shape index (κ3) is 4.30. The van der Waals surface area contributed by atoms with Crippen molar-refractivity contribution in [3.63, 3.8) is 0 Å². The molecule has 3 N–H and O–H groups in total. The zero-order valence-corrected chi connectivity index (χ0v) is 11.6. The first-order valence-corrected chi connectivity index (χ1v) is 8.01. The second-order valence-corrected chi connectivity index (χ2v) is 6.67. The van der Waals surface area contributed by atoms with Crippen LogP contribution in [0.3, 0.4) is 0 Å². The number of hydrogen-bond donors (Lipinski definition) is 2. The van der Waals surface area contributed by atoms with Crippen LogP contribution in [0.5, 0.6) is 0 Å². The molecule has 8 heteroatoms. The van der Waals surface area contributed by atoms with Crippen LogP contribution in [0.1, 0.15) is 6.92 Å². The van der Waals surface area contributed by atoms with Gasteiger partial charge in [-0.3, -0.25) is 4.68 Å². The summed E-state index contributed by atoms with van der Waals surface area (Å²) in [6.07, 6.45) is 4.76. The number of thioether (sulfide) groups is 1. The van der Waals surface area contributed by atoms with Crippen molar-refractivity contribution in [3.05, 3.63) is 12.4 Å². The fourth-order valence-electron chi connectivity index (χ4n) is 1.13. The van der Waals surface area contributed by atoms with Gasteiger partial charge in [-0.05, 0) is 6.26 Å². The van der Waals surface area contributed by atoms with E-state index in [9.17, 15) is 8.42 Å². The lowest BCUT2D eigenvalue weighted by atomic mass is 10.5. The van der Waals surface area contributed by atoms with Gasteiger partial charge in [-0.15, -0.1) is 0 Å². The third-order valence-corrected chi connectivity index (χ3v) is 4.59. The smallest absolute Gasteiger partial charge is 0.243 e. The molecule has 6 nitrogen and oxygen atoms in total. The van der Waals surface area contributed by atoms with Crippen molar-refractivity contribution in [3.8, 4) is 0 Å². The largest absolute Gasteiger partial charge is 0.329 e. The first-order valence-electron chi connectivity index (χ1n) is 5.24. The van der Waals surface area contributed by atoms with Crippen molar-refractivity contribution < 1.29 is 8.42 Å². The molecule has 0 saturated carbocycles. The van der Waals surface area contributed by atoms with Gasteiger partial charge in [-0.2, -0.15) is 16.9 Å². The summed E-state index contributed by atoms with van der Waals surface area (Å²) in [6, 6.07) is 0. The van der Waals surface area contributed by atoms with Crippen LogP contribution in [0.25, 0.3) is 0 Å². The molecule has 1 rings (SSSR count). The molecule has 17 heavy (non-hydrogen) atoms. The first kappa shape index (κ1) is 14.5. The maximum absolute atomic E-state index is 11.9. The van der Waals surface area contributed by atoms with Crippen LogP contribution >= 0.6 is 11.8 Å². The van der Waals surface area contributed by atoms with Crippen LogP contribution in [0.2, 0.25) is 0 Å². The van der Waals surface area contributed by atoms with Crippen molar-refractivity contribution in [1.29, 1.82) is 0 Å². The predicted octanol–water partition coefficient (Wildman–Crippen LogP) is -0.128. The number of nitrogens with zero attached hydrogens (tertiary/aromatic N) is 2. The van der Waals surface area contributed by atoms with Gasteiger partial charge in [0.2, 0.25) is 10.0 Å². The van der Waals surface area contributed by atoms with Crippen molar-refractivity contribution in [1.82, 2.24) is 14.5 Å². The van der Waals surface area contributed by atoms with E-state index >= 15 is 0 Å². The fraction of sp³-hybridized carbons (Fsp3) is 0.667. The summed E-state index contributed by atoms with van der Waals surface area (Å²) in [5.41, 5.74) is 5.37. The Morgan fingerprint density at radius 2 is 2.35 bits per heavy atom. The van der Waals surface area contributed by atoms with E-state index in [1.165, 1.54) is 17.1 Å². The highest BCUT2D eigenvalue weighted by Gasteiger charge is 2.16. The van der Waals surface area contributed by atoms with E-state index in [0.717, 1.165) is 0 Å². The number of sulfonamides is 1. The van der Waals surface area contributed by atoms with Gasteiger partial charge in [-0.1, -0.05) is 6.92 Å². The second kappa shape index (κ2) is 6.39. The van der Waals surface area contributed by atoms with Crippen molar-refractivity contribution in [2.24, 2.45) is 5.73 Å². The highest BCUT2D eigenvalue weighted by atomic mass is 32.2. The van der Waals surface area contributed by atoms with E-state index in [0.29, 0.717) is 19.6 Å². The molecule has 0 aliphatic heterocycles. The van der Waals surface area contributed by atoms with Gasteiger partial charge in [0.15, 0.2) is 0 Å². The molecule has 0 amide bonds. The zero-order chi connectivity index (χ0) is 12.9. The molecular weight excluding hydrogens is 260 g/mol. The molecule has 0 fully saturated rings. The van der Waals surface area contributed by atoms with Crippen molar-refractivity contribution in [2.45, 2.75) is 23.6 Å². The lowest BCUT2D eigenvalue weighted by molar-refractivity contribution is 0.580. The summed E-state index contributed by atoms with van der Waals surface area (Å²) in [5.74, 6) is 0. The maximum atomic E-state index is 11.9. The van der Waals surface area contributed by atoms with Gasteiger partial charge in [0.25, 0.3) is 0 Å². The monoisotopic (exact) mass is 278 g/mol. The number of hydrogen-bond acceptors (Lipinski definition) is 5. The molecule has 1 unspecified atom stereocenters. The maximum Gasteiger partial charge on any atom is 0.243 e. The molecule has 0 saturated heterocycles. The van der Waals surface area contributed by atoms with Gasteiger partial charge in [-0.25, -0.2) is 13.1 Å². The lowest BCUT2D eigenvalue weighted by Crippen LogP contribution is -2.29. The highest BCUT2D eigenvalue weighted by molar-refractivity contribution is 7.99. The van der Waals surface area contributed by atoms with Gasteiger partial charge in [0.05, 0.1) is 12.7 Å². The number of nitrogens with two attached hydrogens (primary N) is 1. The van der Waals surface area contributed by atoms with Gasteiger partial charge in [0.1, 0.15) is 4.90 Å². The van der Waals surface area contributed by atoms with Crippen LogP contribution < -0.4 is 10.5 Å². The Balaban J connectivity index is 2.68. The van der Waals surface area contributed by atoms with E-state index in [4.69, 9.17) is 5.73 Å². The molecule has 0 radical (unpaired) electrons. The van der Waals surface area contributed by atoms with E-state index in [1.54, 1.807) is 11.8 Å². The lowest BCUT2D eigenvalue weighted by Gasteiger charge is -2.09. The van der Waals surface area contributed by atoms with Gasteiger partial charge >= 0.3 is 0 Å². The summed E-state index contributed by atoms with van der Waals surface area (Å²) in [4.78, 5) is 0.180. The number of aromatic nitrogens is 2. The number of nitrogens with one attached hydrogen (secondary N) is 1. The molecular formula is C9H18N4O2S2. The summed E-state index contributed by atoms with van der Waals surface area (Å²) in [5, 5.41) is 4.17. The molecule has 0 spiro atoms. The second-order valence-electron chi connectivity index (χ2n) is 3.63. The third-order valence-electron chi connectivity index (χ3n) is 2.24. The molecule has 0 aromatic carbocycles. The van der Waals surface area contributed by atoms with Crippen LogP contribution in [0.4, 0.5) is 0 Å². The van der Waals surface area contributed by atoms with Gasteiger partial charge < -0.3 is 5.73 Å². The van der Waals surface area contributed by atoms with Crippen LogP contribution in [0.15, 0.2) is 17.3 Å². The topological polar surface area (TPSA) is 90.0 Å². The fourth-order valence-corrected chi connectivity index (χ4v) is 2.57. The summed E-state index contributed by atoms with van der Waals surface area (Å²) < 4.78 is 27.8. The minimum atomic E-state index is -3.45. The van der Waals surface area contributed by atoms with Crippen LogP contribution in [0, 0.1) is 0 Å². The Labute approximate surface area is 106 Å². The summed E-state index contributed by atoms with van der Waals surface area (Å²) >= 11 is 1.61. The Hall–Kier alpha value is -0.570. The molecule has 1 atom stereocenters. The molecule has 0 bridgehead atoms. The average molecular weight is 278 g/mol. The Kier molecular flexibility index (Phi) is 5.44. The van der Waals surface area contributed by atoms with E-state index in [2.05, 4.69) is 9.82 Å². The molecule has 98 valence electrons. The van der Waals surface area contributed by atoms with E-state index in [-0.39, 0.29) is 10.1 Å². The van der Waals surface area contributed by atoms with Crippen LogP contribution in [-0.2, 0) is 16.6 Å².